The summed E-state index contributed by atoms with van der Waals surface area (Å²) in [5.74, 6) is 0.120. The molecule has 0 aliphatic heterocycles. The minimum absolute atomic E-state index is 0.0988. The van der Waals surface area contributed by atoms with Crippen LogP contribution in [0, 0.1) is 0 Å². The van der Waals surface area contributed by atoms with Gasteiger partial charge < -0.3 is 10.1 Å². The van der Waals surface area contributed by atoms with Crippen molar-refractivity contribution in [3.8, 4) is 11.1 Å². The first-order chi connectivity index (χ1) is 12.2. The summed E-state index contributed by atoms with van der Waals surface area (Å²) in [4.78, 5) is 24.1. The van der Waals surface area contributed by atoms with Crippen LogP contribution in [0.25, 0.3) is 11.1 Å². The second kappa shape index (κ2) is 10.0. The average molecular weight is 357 g/mol. The summed E-state index contributed by atoms with van der Waals surface area (Å²) in [5.41, 5.74) is 2.71. The van der Waals surface area contributed by atoms with Crippen LogP contribution in [0.5, 0.6) is 0 Å². The van der Waals surface area contributed by atoms with Crippen LogP contribution in [0.15, 0.2) is 54.6 Å². The molecule has 0 heterocycles. The van der Waals surface area contributed by atoms with Gasteiger partial charge in [0.25, 0.3) is 0 Å². The standard InChI is InChI=1S/C20H23NO3S/c1-24-20(23)18(14-25)21-13-7-12-19(22)17-11-6-5-10-16(17)15-8-3-2-4-9-15/h2-6,8-11,18,21,25H,7,12-14H2,1H3/t18-/m1/s1. The molecule has 0 spiro atoms. The molecule has 132 valence electrons. The van der Waals surface area contributed by atoms with E-state index in [1.54, 1.807) is 0 Å². The Bertz CT molecular complexity index is 703. The minimum Gasteiger partial charge on any atom is -0.468 e. The number of carbonyl (C=O) groups excluding carboxylic acids is 2. The van der Waals surface area contributed by atoms with E-state index < -0.39 is 6.04 Å². The Morgan fingerprint density at radius 1 is 1.08 bits per heavy atom. The van der Waals surface area contributed by atoms with Crippen LogP contribution < -0.4 is 5.32 Å². The third-order valence-corrected chi connectivity index (χ3v) is 4.32. The molecule has 0 saturated heterocycles. The molecule has 4 nitrogen and oxygen atoms in total. The van der Waals surface area contributed by atoms with E-state index in [0.717, 1.165) is 16.7 Å². The molecule has 5 heteroatoms. The summed E-state index contributed by atoms with van der Waals surface area (Å²) >= 11 is 4.13. The second-order valence-electron chi connectivity index (χ2n) is 5.65. The summed E-state index contributed by atoms with van der Waals surface area (Å²) in [5, 5.41) is 3.07. The van der Waals surface area contributed by atoms with Crippen LogP contribution in [0.2, 0.25) is 0 Å². The van der Waals surface area contributed by atoms with Crippen LogP contribution in [-0.4, -0.2) is 37.2 Å². The highest BCUT2D eigenvalue weighted by Crippen LogP contribution is 2.24. The lowest BCUT2D eigenvalue weighted by atomic mass is 9.95. The van der Waals surface area contributed by atoms with Gasteiger partial charge in [-0.15, -0.1) is 0 Å². The number of nitrogens with one attached hydrogen (secondary N) is 1. The van der Waals surface area contributed by atoms with E-state index in [1.165, 1.54) is 7.11 Å². The fraction of sp³-hybridized carbons (Fsp3) is 0.300. The number of hydrogen-bond donors (Lipinski definition) is 2. The number of rotatable bonds is 9. The lowest BCUT2D eigenvalue weighted by Gasteiger charge is -2.14. The Kier molecular flexibility index (Phi) is 7.70. The zero-order valence-corrected chi connectivity index (χ0v) is 15.2. The number of hydrogen-bond acceptors (Lipinski definition) is 5. The maximum absolute atomic E-state index is 12.6. The van der Waals surface area contributed by atoms with Gasteiger partial charge in [-0.3, -0.25) is 9.59 Å². The van der Waals surface area contributed by atoms with Gasteiger partial charge in [0, 0.05) is 17.7 Å². The van der Waals surface area contributed by atoms with E-state index in [1.807, 2.05) is 54.6 Å². The third-order valence-electron chi connectivity index (χ3n) is 3.95. The number of benzene rings is 2. The molecule has 0 fully saturated rings. The molecular formula is C20H23NO3S. The van der Waals surface area contributed by atoms with Gasteiger partial charge in [-0.25, -0.2) is 0 Å². The van der Waals surface area contributed by atoms with Crippen LogP contribution in [0.4, 0.5) is 0 Å². The van der Waals surface area contributed by atoms with Crippen LogP contribution in [-0.2, 0) is 9.53 Å². The van der Waals surface area contributed by atoms with Gasteiger partial charge in [0.1, 0.15) is 6.04 Å². The molecule has 2 aromatic carbocycles. The summed E-state index contributed by atoms with van der Waals surface area (Å²) in [6.45, 7) is 0.555. The number of Topliss-reactive ketones (excluding diaryl/α,β-unsaturated/α-hetero) is 1. The largest absolute Gasteiger partial charge is 0.468 e. The van der Waals surface area contributed by atoms with Gasteiger partial charge in [0.05, 0.1) is 7.11 Å². The van der Waals surface area contributed by atoms with Crippen molar-refractivity contribution in [2.45, 2.75) is 18.9 Å². The zero-order valence-electron chi connectivity index (χ0n) is 14.3. The Labute approximate surface area is 154 Å². The Morgan fingerprint density at radius 2 is 1.76 bits per heavy atom. The average Bonchev–Trinajstić information content (AvgIpc) is 2.68. The maximum atomic E-state index is 12.6. The number of carbonyl (C=O) groups is 2. The topological polar surface area (TPSA) is 55.4 Å². The predicted octanol–water partition coefficient (Wildman–Crippen LogP) is 3.38. The highest BCUT2D eigenvalue weighted by molar-refractivity contribution is 7.80. The summed E-state index contributed by atoms with van der Waals surface area (Å²) in [6.07, 6.45) is 1.06. The molecule has 1 atom stereocenters. The van der Waals surface area contributed by atoms with Crippen molar-refractivity contribution in [3.05, 3.63) is 60.2 Å². The Morgan fingerprint density at radius 3 is 2.44 bits per heavy atom. The number of thiol groups is 1. The molecule has 0 aliphatic carbocycles. The van der Waals surface area contributed by atoms with Gasteiger partial charge >= 0.3 is 5.97 Å². The molecule has 2 aromatic rings. The van der Waals surface area contributed by atoms with Crippen molar-refractivity contribution in [1.29, 1.82) is 0 Å². The van der Waals surface area contributed by atoms with Crippen LogP contribution in [0.1, 0.15) is 23.2 Å². The quantitative estimate of drug-likeness (QED) is 0.313. The molecule has 0 aliphatic rings. The molecular weight excluding hydrogens is 334 g/mol. The van der Waals surface area contributed by atoms with Gasteiger partial charge in [-0.1, -0.05) is 54.6 Å². The minimum atomic E-state index is -0.444. The number of methoxy groups -OCH3 is 1. The number of esters is 1. The first kappa shape index (κ1) is 19.2. The highest BCUT2D eigenvalue weighted by Gasteiger charge is 2.17. The highest BCUT2D eigenvalue weighted by atomic mass is 32.1. The van der Waals surface area contributed by atoms with Gasteiger partial charge in [-0.05, 0) is 24.1 Å². The van der Waals surface area contributed by atoms with Gasteiger partial charge in [-0.2, -0.15) is 12.6 Å². The predicted molar refractivity (Wildman–Crippen MR) is 103 cm³/mol. The van der Waals surface area contributed by atoms with Crippen molar-refractivity contribution in [1.82, 2.24) is 5.32 Å². The molecule has 0 aromatic heterocycles. The van der Waals surface area contributed by atoms with Crippen molar-refractivity contribution in [3.63, 3.8) is 0 Å². The van der Waals surface area contributed by atoms with Gasteiger partial charge in [0.2, 0.25) is 0 Å². The molecule has 25 heavy (non-hydrogen) atoms. The SMILES string of the molecule is COC(=O)[C@@H](CS)NCCCC(=O)c1ccccc1-c1ccccc1. The lowest BCUT2D eigenvalue weighted by Crippen LogP contribution is -2.39. The summed E-state index contributed by atoms with van der Waals surface area (Å²) in [7, 11) is 1.35. The van der Waals surface area contributed by atoms with Crippen molar-refractivity contribution in [2.75, 3.05) is 19.4 Å². The second-order valence-corrected chi connectivity index (χ2v) is 6.02. The normalized spacial score (nSPS) is 11.8. The van der Waals surface area contributed by atoms with E-state index in [-0.39, 0.29) is 11.8 Å². The van der Waals surface area contributed by atoms with E-state index in [4.69, 9.17) is 4.74 Å². The Balaban J connectivity index is 1.95. The molecule has 0 saturated carbocycles. The van der Waals surface area contributed by atoms with E-state index >= 15 is 0 Å². The van der Waals surface area contributed by atoms with Crippen molar-refractivity contribution >= 4 is 24.4 Å². The fourth-order valence-corrected chi connectivity index (χ4v) is 2.90. The molecule has 1 N–H and O–H groups in total. The Hall–Kier alpha value is -2.11. The molecule has 0 amide bonds. The number of ether oxygens (including phenoxy) is 1. The molecule has 0 unspecified atom stereocenters. The smallest absolute Gasteiger partial charge is 0.323 e. The van der Waals surface area contributed by atoms with E-state index in [2.05, 4.69) is 17.9 Å². The maximum Gasteiger partial charge on any atom is 0.323 e. The fourth-order valence-electron chi connectivity index (χ4n) is 2.62. The lowest BCUT2D eigenvalue weighted by molar-refractivity contribution is -0.142. The van der Waals surface area contributed by atoms with Crippen molar-refractivity contribution < 1.29 is 14.3 Å². The molecule has 0 bridgehead atoms. The van der Waals surface area contributed by atoms with E-state index in [0.29, 0.717) is 25.1 Å². The first-order valence-corrected chi connectivity index (χ1v) is 8.90. The van der Waals surface area contributed by atoms with E-state index in [9.17, 15) is 9.59 Å². The summed E-state index contributed by atoms with van der Waals surface area (Å²) < 4.78 is 4.70. The third kappa shape index (κ3) is 5.44. The first-order valence-electron chi connectivity index (χ1n) is 8.27. The molecule has 2 rings (SSSR count). The van der Waals surface area contributed by atoms with Gasteiger partial charge in [0.15, 0.2) is 5.78 Å². The monoisotopic (exact) mass is 357 g/mol. The number of ketones is 1. The van der Waals surface area contributed by atoms with Crippen LogP contribution >= 0.6 is 12.6 Å². The van der Waals surface area contributed by atoms with Crippen LogP contribution in [0.3, 0.4) is 0 Å². The zero-order chi connectivity index (χ0) is 18.1. The molecule has 0 radical (unpaired) electrons. The summed E-state index contributed by atoms with van der Waals surface area (Å²) in [6, 6.07) is 17.1. The van der Waals surface area contributed by atoms with Crippen molar-refractivity contribution in [2.24, 2.45) is 0 Å².